The zero-order valence-corrected chi connectivity index (χ0v) is 86.1. The van der Waals surface area contributed by atoms with E-state index in [1.54, 1.807) is 51.1 Å². The molecule has 8 aliphatic heterocycles. The topological polar surface area (TPSA) is 425 Å². The highest BCUT2D eigenvalue weighted by atomic mass is 32.1. The summed E-state index contributed by atoms with van der Waals surface area (Å²) >= 11 is 3.50. The Hall–Kier alpha value is -13.5. The Balaban J connectivity index is 0.000000157. The van der Waals surface area contributed by atoms with Crippen molar-refractivity contribution >= 4 is 92.5 Å². The minimum Gasteiger partial charge on any atom is -0.480 e. The van der Waals surface area contributed by atoms with Crippen LogP contribution in [0.1, 0.15) is 249 Å². The van der Waals surface area contributed by atoms with E-state index in [9.17, 15) is 38.4 Å². The maximum Gasteiger partial charge on any atom is 0.407 e. The van der Waals surface area contributed by atoms with Gasteiger partial charge in [0, 0.05) is 75.6 Å². The number of imidazole rings is 4. The minimum atomic E-state index is -1.04. The van der Waals surface area contributed by atoms with Crippen molar-refractivity contribution in [3.8, 4) is 79.0 Å². The Labute approximate surface area is 856 Å². The predicted molar refractivity (Wildman–Crippen MR) is 546 cm³/mol. The van der Waals surface area contributed by atoms with Gasteiger partial charge in [-0.2, -0.15) is 0 Å². The van der Waals surface area contributed by atoms with E-state index in [-0.39, 0.29) is 71.2 Å². The van der Waals surface area contributed by atoms with E-state index < -0.39 is 84.2 Å². The monoisotopic (exact) mass is 2050 g/mol. The van der Waals surface area contributed by atoms with Gasteiger partial charge < -0.3 is 104 Å². The Morgan fingerprint density at radius 2 is 0.823 bits per heavy atom. The van der Waals surface area contributed by atoms with Crippen molar-refractivity contribution in [1.29, 1.82) is 0 Å². The van der Waals surface area contributed by atoms with Gasteiger partial charge in [-0.05, 0) is 257 Å². The number of thiophene rings is 2. The van der Waals surface area contributed by atoms with E-state index in [4.69, 9.17) is 58.2 Å². The van der Waals surface area contributed by atoms with Gasteiger partial charge in [0.1, 0.15) is 70.6 Å². The van der Waals surface area contributed by atoms with E-state index in [0.29, 0.717) is 158 Å². The number of alkyl carbamates (subject to hydrolysis) is 4. The summed E-state index contributed by atoms with van der Waals surface area (Å²) < 4.78 is 82.2. The Bertz CT molecular complexity index is 6970. The number of aromatic nitrogens is 10. The molecule has 6 unspecified atom stereocenters. The van der Waals surface area contributed by atoms with Crippen LogP contribution in [0, 0.1) is 35.3 Å². The molecular formula is C108H126F2N18O17S2. The lowest BCUT2D eigenvalue weighted by Gasteiger charge is -2.40. The zero-order chi connectivity index (χ0) is 103. The molecule has 8 aromatic heterocycles. The van der Waals surface area contributed by atoms with Crippen LogP contribution in [0.25, 0.3) is 89.4 Å². The largest absolute Gasteiger partial charge is 0.480 e. The second kappa shape index (κ2) is 41.7. The van der Waals surface area contributed by atoms with Gasteiger partial charge in [-0.3, -0.25) is 23.5 Å². The Morgan fingerprint density at radius 1 is 0.442 bits per heavy atom. The number of methoxy groups -OCH3 is 4. The second-order valence-corrected chi connectivity index (χ2v) is 44.2. The van der Waals surface area contributed by atoms with Crippen molar-refractivity contribution in [3.05, 3.63) is 176 Å². The summed E-state index contributed by atoms with van der Waals surface area (Å²) in [7, 11) is 5.07. The summed E-state index contributed by atoms with van der Waals surface area (Å²) in [4.78, 5) is 144. The summed E-state index contributed by atoms with van der Waals surface area (Å²) in [5, 5.41) is 25.1. The number of hydrogen-bond donors (Lipinski definition) is 10. The van der Waals surface area contributed by atoms with Gasteiger partial charge in [-0.25, -0.2) is 52.7 Å². The minimum absolute atomic E-state index is 0.127. The van der Waals surface area contributed by atoms with Crippen LogP contribution in [0.5, 0.6) is 11.5 Å². The van der Waals surface area contributed by atoms with E-state index in [2.05, 4.69) is 115 Å². The number of benzene rings is 4. The molecule has 6 saturated heterocycles. The number of carboxylic acid groups (broad SMARTS) is 1. The van der Waals surface area contributed by atoms with Gasteiger partial charge in [0.2, 0.25) is 30.2 Å². The van der Waals surface area contributed by atoms with Crippen LogP contribution in [0.3, 0.4) is 0 Å². The number of likely N-dealkylation sites (tertiary alicyclic amines) is 3. The molecule has 12 aromatic rings. The van der Waals surface area contributed by atoms with Crippen molar-refractivity contribution in [2.75, 3.05) is 67.8 Å². The number of carbonyl (C=O) groups excluding carboxylic acids is 7. The van der Waals surface area contributed by atoms with Gasteiger partial charge in [-0.1, -0.05) is 39.8 Å². The van der Waals surface area contributed by atoms with Crippen LogP contribution >= 0.6 is 22.7 Å². The molecule has 35 nitrogen and oxygen atoms in total. The first-order chi connectivity index (χ1) is 70.8. The van der Waals surface area contributed by atoms with Crippen molar-refractivity contribution < 1.29 is 90.1 Å². The number of halogens is 2. The van der Waals surface area contributed by atoms with E-state index in [1.165, 1.54) is 63.2 Å². The summed E-state index contributed by atoms with van der Waals surface area (Å²) in [5.74, 6) is 1.76. The summed E-state index contributed by atoms with van der Waals surface area (Å²) in [6, 6.07) is 28.1. The molecule has 16 heterocycles. The fourth-order valence-corrected chi connectivity index (χ4v) is 24.8. The second-order valence-electron chi connectivity index (χ2n) is 41.9. The molecule has 0 spiro atoms. The summed E-state index contributed by atoms with van der Waals surface area (Å²) in [6.07, 6.45) is 17.1. The van der Waals surface area contributed by atoms with Crippen LogP contribution in [0.15, 0.2) is 122 Å². The summed E-state index contributed by atoms with van der Waals surface area (Å²) in [6.45, 7) is 18.9. The Morgan fingerprint density at radius 3 is 1.21 bits per heavy atom. The fourth-order valence-electron chi connectivity index (χ4n) is 22.4. The molecule has 147 heavy (non-hydrogen) atoms. The number of ether oxygens (including phenoxy) is 8. The van der Waals surface area contributed by atoms with Crippen molar-refractivity contribution in [1.82, 2.24) is 90.3 Å². The smallest absolute Gasteiger partial charge is 0.407 e. The highest BCUT2D eigenvalue weighted by Gasteiger charge is 2.47. The van der Waals surface area contributed by atoms with Gasteiger partial charge in [0.25, 0.3) is 0 Å². The third-order valence-corrected chi connectivity index (χ3v) is 32.8. The lowest BCUT2D eigenvalue weighted by molar-refractivity contribution is -0.144. The number of carbonyl (C=O) groups is 8. The van der Waals surface area contributed by atoms with Gasteiger partial charge >= 0.3 is 30.3 Å². The number of aliphatic carboxylic acids is 1. The zero-order valence-electron chi connectivity index (χ0n) is 84.4. The number of amides is 7. The number of nitrogens with zero attached hydrogens (tertiary/aromatic N) is 9. The summed E-state index contributed by atoms with van der Waals surface area (Å²) in [5.41, 5.74) is 9.20. The van der Waals surface area contributed by atoms with Crippen LogP contribution in [0.4, 0.5) is 28.0 Å². The van der Waals surface area contributed by atoms with Crippen LogP contribution in [0.2, 0.25) is 0 Å². The molecule has 39 heteroatoms. The number of H-pyrrole nitrogens is 4. The molecule has 10 N–H and O–H groups in total. The Kier molecular flexibility index (Phi) is 28.6. The number of nitrogens with one attached hydrogen (secondary N) is 9. The lowest BCUT2D eigenvalue weighted by atomic mass is 9.82. The fraction of sp³-hybridized carbons (Fsp3) is 0.481. The first-order valence-electron chi connectivity index (χ1n) is 51.0. The van der Waals surface area contributed by atoms with E-state index in [1.807, 2.05) is 96.8 Å². The maximum atomic E-state index is 17.0. The molecule has 4 aromatic carbocycles. The third kappa shape index (κ3) is 20.8. The SMILES string of the molecule is COC(=O)NC(C(=O)N1CCC[C@H]1c1ncc(-c2ccc3c(c2)cc2n3C(c3ccc(C4CC4)s3)Oc3cc(-c4cnc([C@@H]5CCCN5C(=O)[C@@H](NC(=O)OC)C(C)C)[nH]4)cc(F)c3-2)[nH]1)C1CCOC(C)(C)C1.COC(=O)NC(C(=O)O)C1CCOC(C)(C)C1.COC(=O)N[C@H](C(=O)N1CCC[C@H]1c1ncc(-c2cc(F)c3c(c2)OC(c2ccc(C4CC4)s2)n2c-3cc3cc(-c4cnc([C@@H]5CCCN5)[nH]4)ccc32)[nH]1)C(C)C. The number of aromatic amines is 4. The first kappa shape index (κ1) is 101. The average molecular weight is 2050 g/mol. The molecule has 2 aliphatic carbocycles. The van der Waals surface area contributed by atoms with Gasteiger partial charge in [0.15, 0.2) is 0 Å². The molecular weight excluding hydrogens is 1920 g/mol. The predicted octanol–water partition coefficient (Wildman–Crippen LogP) is 19.3. The molecule has 12 atom stereocenters. The average Bonchev–Trinajstić information content (AvgIpc) is 1.57. The van der Waals surface area contributed by atoms with E-state index in [0.717, 1.165) is 117 Å². The molecule has 0 bridgehead atoms. The molecule has 7 amide bonds. The third-order valence-electron chi connectivity index (χ3n) is 30.2. The van der Waals surface area contributed by atoms with Crippen LogP contribution in [-0.4, -0.2) is 220 Å². The first-order valence-corrected chi connectivity index (χ1v) is 52.7. The van der Waals surface area contributed by atoms with Crippen LogP contribution in [-0.2, 0) is 47.6 Å². The van der Waals surface area contributed by atoms with Crippen molar-refractivity contribution in [3.63, 3.8) is 0 Å². The molecule has 10 aliphatic rings. The molecule has 0 radical (unpaired) electrons. The van der Waals surface area contributed by atoms with E-state index >= 15 is 8.78 Å². The number of rotatable bonds is 24. The normalized spacial score (nSPS) is 21.9. The maximum absolute atomic E-state index is 17.0. The standard InChI is InChI=1S/C54H62FN9O8S.C43H45FN8O4S.C11H19NO5/c1-28(2)45(60-52(67)69-5)49(65)62-18-7-9-38(62)48-57-27-36(59-48)32-22-34(55)44-40-23-33-21-30(13-14-37(33)64(40)51(72-41(44)24-32)43-16-15-42(73-43)29-11-12-29)35-26-56-47(58-35)39-10-8-19-63(39)50(66)46(61-53(68)70-6)31-17-20-71-54(3,4)25-31;1-22(2)38(50-43(54)55-3)41(53)51-15-5-7-32(51)40-47-21-30(49-40)25-17-27(44)37-33-18-26-16-24(29-20-46-39(48-29)28-6-4-14-45-28)10-11-31(26)52(33)42(56-34(37)19-25)36-13-12-35(57-36)23-8-9-23;1-11(2)6-7(4-5-17-11)8(9(13)14)12-10(15)16-3/h13-16,21-24,26-29,31,38-39,45-46,51H,7-12,17-20,25H2,1-6H3,(H,56,58)(H,57,59)(H,60,67)(H,61,68);10-13,16-23,28,32,38,42,45H,4-9,14-15H2,1-3H3,(H,46,48)(H,47,49)(H,50,54);7-8H,4-6H2,1-3H3,(H,12,15)(H,13,14)/t31?,38-,39-,45-,46?,51?;28-,32-,38-,42?;/m00./s1. The highest BCUT2D eigenvalue weighted by molar-refractivity contribution is 7.12. The molecule has 2 saturated carbocycles. The molecule has 22 rings (SSSR count). The van der Waals surface area contributed by atoms with Gasteiger partial charge in [0.05, 0.1) is 155 Å². The number of carboxylic acids is 1. The highest BCUT2D eigenvalue weighted by Crippen LogP contribution is 2.55. The number of fused-ring (bicyclic) bond motifs is 10. The lowest BCUT2D eigenvalue weighted by Crippen LogP contribution is -2.54. The number of hydrogen-bond acceptors (Lipinski definition) is 23. The molecule has 776 valence electrons. The van der Waals surface area contributed by atoms with Crippen molar-refractivity contribution in [2.45, 2.75) is 242 Å². The van der Waals surface area contributed by atoms with Crippen LogP contribution < -0.4 is 36.1 Å². The molecule has 8 fully saturated rings. The van der Waals surface area contributed by atoms with Crippen molar-refractivity contribution in [2.24, 2.45) is 23.7 Å². The van der Waals surface area contributed by atoms with Gasteiger partial charge in [-0.15, -0.1) is 22.7 Å². The quantitative estimate of drug-likeness (QED) is 0.0251.